The Morgan fingerprint density at radius 3 is 2.27 bits per heavy atom. The van der Waals surface area contributed by atoms with Crippen molar-refractivity contribution in [2.75, 3.05) is 25.1 Å². The van der Waals surface area contributed by atoms with E-state index >= 15 is 0 Å². The maximum absolute atomic E-state index is 11.4. The van der Waals surface area contributed by atoms with E-state index in [1.54, 1.807) is 7.05 Å². The van der Waals surface area contributed by atoms with Gasteiger partial charge < -0.3 is 22.1 Å². The molecule has 0 aliphatic heterocycles. The molecule has 2 amide bonds. The molecular weight excluding hydrogens is 216 g/mol. The molecule has 0 saturated heterocycles. The Morgan fingerprint density at radius 2 is 1.93 bits per heavy atom. The Hall–Kier alpha value is -1.76. The molecule has 0 radical (unpaired) electrons. The molecule has 1 aromatic heterocycles. The Kier molecular flexibility index (Phi) is 3.15. The van der Waals surface area contributed by atoms with Gasteiger partial charge in [0.2, 0.25) is 0 Å². The quantitative estimate of drug-likeness (QED) is 0.575. The molecule has 0 aliphatic rings. The first kappa shape index (κ1) is 11.3. The number of hydrogen-bond donors (Lipinski definition) is 4. The van der Waals surface area contributed by atoms with Crippen LogP contribution in [0.15, 0.2) is 0 Å². The van der Waals surface area contributed by atoms with Gasteiger partial charge in [0.1, 0.15) is 9.88 Å². The van der Waals surface area contributed by atoms with Crippen LogP contribution >= 0.6 is 11.3 Å². The summed E-state index contributed by atoms with van der Waals surface area (Å²) < 4.78 is 0. The highest BCUT2D eigenvalue weighted by atomic mass is 32.1. The second-order valence-corrected chi connectivity index (χ2v) is 3.76. The van der Waals surface area contributed by atoms with Gasteiger partial charge in [0, 0.05) is 14.1 Å². The Balaban J connectivity index is 3.34. The first-order valence-corrected chi connectivity index (χ1v) is 4.96. The van der Waals surface area contributed by atoms with Gasteiger partial charge in [0.05, 0.1) is 11.3 Å². The minimum atomic E-state index is -0.650. The molecule has 0 saturated carbocycles. The van der Waals surface area contributed by atoms with E-state index in [0.29, 0.717) is 5.00 Å². The van der Waals surface area contributed by atoms with E-state index in [9.17, 15) is 9.59 Å². The zero-order valence-corrected chi connectivity index (χ0v) is 9.20. The molecule has 0 atom stereocenters. The highest BCUT2D eigenvalue weighted by molar-refractivity contribution is 7.19. The average molecular weight is 228 g/mol. The summed E-state index contributed by atoms with van der Waals surface area (Å²) in [6.07, 6.45) is 0. The van der Waals surface area contributed by atoms with Gasteiger partial charge in [0.15, 0.2) is 0 Å². The third kappa shape index (κ3) is 1.86. The standard InChI is InChI=1S/C8H12N4O2S/c1-11-7(14)5-4(9)3(6(10)13)8(12-2)15-5/h12H,9H2,1-2H3,(H2,10,13)(H,11,14). The lowest BCUT2D eigenvalue weighted by molar-refractivity contribution is 0.0967. The lowest BCUT2D eigenvalue weighted by Gasteiger charge is -1.99. The van der Waals surface area contributed by atoms with E-state index in [-0.39, 0.29) is 22.0 Å². The molecular formula is C8H12N4O2S. The summed E-state index contributed by atoms with van der Waals surface area (Å²) in [5.41, 5.74) is 11.1. The second-order valence-electron chi connectivity index (χ2n) is 2.74. The van der Waals surface area contributed by atoms with Crippen molar-refractivity contribution >= 4 is 33.8 Å². The Bertz CT molecular complexity index is 413. The molecule has 1 rings (SSSR count). The smallest absolute Gasteiger partial charge is 0.263 e. The van der Waals surface area contributed by atoms with Crippen molar-refractivity contribution in [1.29, 1.82) is 0 Å². The third-order valence-electron chi connectivity index (χ3n) is 1.85. The second kappa shape index (κ2) is 4.18. The van der Waals surface area contributed by atoms with Gasteiger partial charge in [-0.2, -0.15) is 0 Å². The van der Waals surface area contributed by atoms with Crippen LogP contribution in [0.1, 0.15) is 20.0 Å². The first-order valence-electron chi connectivity index (χ1n) is 4.14. The van der Waals surface area contributed by atoms with E-state index in [1.807, 2.05) is 0 Å². The predicted molar refractivity (Wildman–Crippen MR) is 60.2 cm³/mol. The summed E-state index contributed by atoms with van der Waals surface area (Å²) in [6.45, 7) is 0. The zero-order valence-electron chi connectivity index (χ0n) is 8.38. The number of thiophene rings is 1. The van der Waals surface area contributed by atoms with Crippen molar-refractivity contribution in [2.45, 2.75) is 0 Å². The molecule has 1 heterocycles. The molecule has 0 aromatic carbocycles. The van der Waals surface area contributed by atoms with Crippen LogP contribution in [0, 0.1) is 0 Å². The van der Waals surface area contributed by atoms with E-state index < -0.39 is 5.91 Å². The monoisotopic (exact) mass is 228 g/mol. The minimum absolute atomic E-state index is 0.121. The Labute approximate surface area is 90.6 Å². The highest BCUT2D eigenvalue weighted by Crippen LogP contribution is 2.34. The fourth-order valence-corrected chi connectivity index (χ4v) is 2.17. The van der Waals surface area contributed by atoms with Crippen molar-refractivity contribution in [3.05, 3.63) is 10.4 Å². The molecule has 0 unspecified atom stereocenters. The zero-order chi connectivity index (χ0) is 11.6. The van der Waals surface area contributed by atoms with Crippen LogP contribution in [0.2, 0.25) is 0 Å². The first-order chi connectivity index (χ1) is 7.02. The summed E-state index contributed by atoms with van der Waals surface area (Å²) >= 11 is 1.10. The lowest BCUT2D eigenvalue weighted by atomic mass is 10.2. The molecule has 0 bridgehead atoms. The van der Waals surface area contributed by atoms with Crippen LogP contribution < -0.4 is 22.1 Å². The van der Waals surface area contributed by atoms with Gasteiger partial charge >= 0.3 is 0 Å². The van der Waals surface area contributed by atoms with Crippen molar-refractivity contribution in [1.82, 2.24) is 5.32 Å². The van der Waals surface area contributed by atoms with Crippen molar-refractivity contribution < 1.29 is 9.59 Å². The normalized spacial score (nSPS) is 9.73. The fourth-order valence-electron chi connectivity index (χ4n) is 1.15. The summed E-state index contributed by atoms with van der Waals surface area (Å²) in [5, 5.41) is 5.71. The molecule has 0 aliphatic carbocycles. The van der Waals surface area contributed by atoms with E-state index in [2.05, 4.69) is 10.6 Å². The Morgan fingerprint density at radius 1 is 1.33 bits per heavy atom. The van der Waals surface area contributed by atoms with Crippen LogP contribution in [0.3, 0.4) is 0 Å². The number of amides is 2. The van der Waals surface area contributed by atoms with Crippen LogP contribution in [0.5, 0.6) is 0 Å². The summed E-state index contributed by atoms with van der Waals surface area (Å²) in [4.78, 5) is 22.8. The topological polar surface area (TPSA) is 110 Å². The van der Waals surface area contributed by atoms with Crippen LogP contribution in [0.4, 0.5) is 10.7 Å². The van der Waals surface area contributed by atoms with E-state index in [1.165, 1.54) is 7.05 Å². The van der Waals surface area contributed by atoms with Crippen molar-refractivity contribution in [2.24, 2.45) is 5.73 Å². The lowest BCUT2D eigenvalue weighted by Crippen LogP contribution is -2.19. The molecule has 15 heavy (non-hydrogen) atoms. The van der Waals surface area contributed by atoms with Gasteiger partial charge in [0.25, 0.3) is 11.8 Å². The van der Waals surface area contributed by atoms with E-state index in [4.69, 9.17) is 11.5 Å². The number of rotatable bonds is 3. The number of primary amides is 1. The molecule has 1 aromatic rings. The largest absolute Gasteiger partial charge is 0.397 e. The predicted octanol–water partition coefficient (Wildman–Crippen LogP) is -0.170. The van der Waals surface area contributed by atoms with E-state index in [0.717, 1.165) is 11.3 Å². The van der Waals surface area contributed by atoms with Crippen LogP contribution in [0.25, 0.3) is 0 Å². The van der Waals surface area contributed by atoms with Crippen LogP contribution in [-0.2, 0) is 0 Å². The summed E-state index contributed by atoms with van der Waals surface area (Å²) in [7, 11) is 3.12. The number of anilines is 2. The maximum atomic E-state index is 11.4. The number of nitrogens with one attached hydrogen (secondary N) is 2. The summed E-state index contributed by atoms with van der Waals surface area (Å²) in [5.74, 6) is -0.982. The van der Waals surface area contributed by atoms with Crippen LogP contribution in [-0.4, -0.2) is 25.9 Å². The molecule has 6 nitrogen and oxygen atoms in total. The SMILES string of the molecule is CNC(=O)c1sc(NC)c(C(N)=O)c1N. The molecule has 0 spiro atoms. The van der Waals surface area contributed by atoms with Gasteiger partial charge in [-0.25, -0.2) is 0 Å². The van der Waals surface area contributed by atoms with Crippen molar-refractivity contribution in [3.8, 4) is 0 Å². The van der Waals surface area contributed by atoms with Gasteiger partial charge in [-0.1, -0.05) is 0 Å². The number of carbonyl (C=O) groups excluding carboxylic acids is 2. The molecule has 7 heteroatoms. The maximum Gasteiger partial charge on any atom is 0.263 e. The average Bonchev–Trinajstić information content (AvgIpc) is 2.54. The van der Waals surface area contributed by atoms with Gasteiger partial charge in [-0.3, -0.25) is 9.59 Å². The number of nitrogen functional groups attached to an aromatic ring is 1. The third-order valence-corrected chi connectivity index (χ3v) is 3.07. The van der Waals surface area contributed by atoms with Crippen molar-refractivity contribution in [3.63, 3.8) is 0 Å². The number of hydrogen-bond acceptors (Lipinski definition) is 5. The van der Waals surface area contributed by atoms with Gasteiger partial charge in [-0.15, -0.1) is 11.3 Å². The molecule has 82 valence electrons. The van der Waals surface area contributed by atoms with Gasteiger partial charge in [-0.05, 0) is 0 Å². The summed E-state index contributed by atoms with van der Waals surface area (Å²) in [6, 6.07) is 0. The molecule has 6 N–H and O–H groups in total. The number of carbonyl (C=O) groups is 2. The number of nitrogens with two attached hydrogens (primary N) is 2. The fraction of sp³-hybridized carbons (Fsp3) is 0.250. The highest BCUT2D eigenvalue weighted by Gasteiger charge is 2.22. The minimum Gasteiger partial charge on any atom is -0.397 e. The molecule has 0 fully saturated rings.